The fourth-order valence-corrected chi connectivity index (χ4v) is 2.46. The van der Waals surface area contributed by atoms with Crippen LogP contribution in [0.3, 0.4) is 0 Å². The Kier molecular flexibility index (Phi) is 5.89. The molecule has 0 saturated heterocycles. The molecular weight excluding hydrogens is 366 g/mol. The third-order valence-electron chi connectivity index (χ3n) is 3.87. The van der Waals surface area contributed by atoms with E-state index in [0.29, 0.717) is 28.9 Å². The minimum Gasteiger partial charge on any atom is -0.382 e. The molecule has 1 heterocycles. The van der Waals surface area contributed by atoms with Crippen LogP contribution in [0.25, 0.3) is 0 Å². The number of carbonyl (C=O) groups is 1. The van der Waals surface area contributed by atoms with Crippen molar-refractivity contribution in [1.82, 2.24) is 15.3 Å². The number of hydrogen-bond donors (Lipinski definition) is 4. The largest absolute Gasteiger partial charge is 0.382 e. The average molecular weight is 383 g/mol. The number of nitrogens with two attached hydrogens (primary N) is 2. The van der Waals surface area contributed by atoms with Gasteiger partial charge in [-0.1, -0.05) is 30.0 Å². The lowest BCUT2D eigenvalue weighted by Gasteiger charge is -2.08. The number of rotatable bonds is 3. The van der Waals surface area contributed by atoms with Gasteiger partial charge in [0, 0.05) is 17.8 Å². The van der Waals surface area contributed by atoms with E-state index in [2.05, 4.69) is 38.5 Å². The lowest BCUT2D eigenvalue weighted by molar-refractivity contribution is 0.251. The van der Waals surface area contributed by atoms with E-state index >= 15 is 0 Å². The van der Waals surface area contributed by atoms with Gasteiger partial charge in [0.25, 0.3) is 0 Å². The zero-order valence-electron chi connectivity index (χ0n) is 15.3. The molecule has 0 aliphatic carbocycles. The molecule has 3 rings (SSSR count). The Balaban J connectivity index is 1.65. The van der Waals surface area contributed by atoms with Crippen molar-refractivity contribution in [3.8, 4) is 17.9 Å². The van der Waals surface area contributed by atoms with E-state index in [4.69, 9.17) is 16.7 Å². The normalized spacial score (nSPS) is 9.62. The molecule has 142 valence electrons. The number of hydrogen-bond acceptors (Lipinski definition) is 6. The number of urea groups is 1. The number of anilines is 3. The molecule has 0 atom stereocenters. The van der Waals surface area contributed by atoms with Crippen molar-refractivity contribution < 1.29 is 4.79 Å². The molecule has 0 aliphatic rings. The van der Waals surface area contributed by atoms with Crippen molar-refractivity contribution in [2.45, 2.75) is 6.54 Å². The van der Waals surface area contributed by atoms with Gasteiger partial charge in [0.1, 0.15) is 23.5 Å². The molecule has 6 N–H and O–H groups in total. The number of nitrogen functional groups attached to an aromatic ring is 2. The summed E-state index contributed by atoms with van der Waals surface area (Å²) in [5.74, 6) is 6.21. The summed E-state index contributed by atoms with van der Waals surface area (Å²) in [6.45, 7) is 0.299. The van der Waals surface area contributed by atoms with Crippen LogP contribution < -0.4 is 22.1 Å². The van der Waals surface area contributed by atoms with Gasteiger partial charge in [-0.25, -0.2) is 14.8 Å². The highest BCUT2D eigenvalue weighted by Crippen LogP contribution is 2.13. The third-order valence-corrected chi connectivity index (χ3v) is 3.87. The molecule has 3 aromatic rings. The average Bonchev–Trinajstić information content (AvgIpc) is 2.72. The Morgan fingerprint density at radius 2 is 1.72 bits per heavy atom. The molecule has 8 heteroatoms. The topological polar surface area (TPSA) is 143 Å². The summed E-state index contributed by atoms with van der Waals surface area (Å²) in [5, 5.41) is 14.4. The highest BCUT2D eigenvalue weighted by atomic mass is 16.2. The SMILES string of the molecule is N#Cc1cccc(CNC(=O)Nc2cccc(C#Cc3c(N)ncnc3N)c2)c1. The van der Waals surface area contributed by atoms with Gasteiger partial charge in [0.15, 0.2) is 0 Å². The van der Waals surface area contributed by atoms with Gasteiger partial charge in [0.2, 0.25) is 0 Å². The lowest BCUT2D eigenvalue weighted by atomic mass is 10.1. The second-order valence-corrected chi connectivity index (χ2v) is 5.97. The first-order valence-corrected chi connectivity index (χ1v) is 8.57. The Morgan fingerprint density at radius 1 is 1.00 bits per heavy atom. The van der Waals surface area contributed by atoms with Crippen LogP contribution in [-0.4, -0.2) is 16.0 Å². The highest BCUT2D eigenvalue weighted by molar-refractivity contribution is 5.89. The molecule has 0 bridgehead atoms. The molecule has 0 saturated carbocycles. The van der Waals surface area contributed by atoms with Gasteiger partial charge in [0.05, 0.1) is 11.6 Å². The summed E-state index contributed by atoms with van der Waals surface area (Å²) < 4.78 is 0. The van der Waals surface area contributed by atoms with Gasteiger partial charge < -0.3 is 22.1 Å². The van der Waals surface area contributed by atoms with Gasteiger partial charge in [-0.05, 0) is 35.9 Å². The molecule has 0 radical (unpaired) electrons. The summed E-state index contributed by atoms with van der Waals surface area (Å²) in [6, 6.07) is 15.8. The monoisotopic (exact) mass is 383 g/mol. The van der Waals surface area contributed by atoms with Gasteiger partial charge in [-0.3, -0.25) is 0 Å². The zero-order chi connectivity index (χ0) is 20.6. The van der Waals surface area contributed by atoms with Crippen LogP contribution in [0.5, 0.6) is 0 Å². The maximum absolute atomic E-state index is 12.1. The van der Waals surface area contributed by atoms with Crippen LogP contribution in [0.1, 0.15) is 22.3 Å². The first-order valence-electron chi connectivity index (χ1n) is 8.57. The first kappa shape index (κ1) is 19.2. The van der Waals surface area contributed by atoms with Gasteiger partial charge >= 0.3 is 6.03 Å². The number of nitriles is 1. The smallest absolute Gasteiger partial charge is 0.319 e. The number of nitrogens with zero attached hydrogens (tertiary/aromatic N) is 3. The van der Waals surface area contributed by atoms with Gasteiger partial charge in [-0.2, -0.15) is 5.26 Å². The molecule has 2 aromatic carbocycles. The molecule has 1 aromatic heterocycles. The molecule has 29 heavy (non-hydrogen) atoms. The Labute approximate surface area is 167 Å². The van der Waals surface area contributed by atoms with Crippen LogP contribution in [0.15, 0.2) is 54.9 Å². The molecule has 8 nitrogen and oxygen atoms in total. The standard InChI is InChI=1S/C21H17N7O/c22-11-15-4-1-5-16(9-15)12-25-21(29)28-17-6-2-3-14(10-17)7-8-18-19(23)26-13-27-20(18)24/h1-6,9-10,13H,12H2,(H2,25,28,29)(H4,23,24,26,27). The summed E-state index contributed by atoms with van der Waals surface area (Å²) in [7, 11) is 0. The first-order chi connectivity index (χ1) is 14.0. The molecule has 0 spiro atoms. The number of nitrogens with one attached hydrogen (secondary N) is 2. The van der Waals surface area contributed by atoms with Crippen LogP contribution in [0, 0.1) is 23.2 Å². The van der Waals surface area contributed by atoms with Crippen LogP contribution in [-0.2, 0) is 6.54 Å². The minimum absolute atomic E-state index is 0.208. The van der Waals surface area contributed by atoms with Crippen molar-refractivity contribution in [1.29, 1.82) is 5.26 Å². The summed E-state index contributed by atoms with van der Waals surface area (Å²) in [4.78, 5) is 19.9. The highest BCUT2D eigenvalue weighted by Gasteiger charge is 2.04. The molecule has 0 unspecified atom stereocenters. The van der Waals surface area contributed by atoms with Gasteiger partial charge in [-0.15, -0.1) is 0 Å². The Morgan fingerprint density at radius 3 is 2.48 bits per heavy atom. The second kappa shape index (κ2) is 8.89. The van der Waals surface area contributed by atoms with E-state index in [9.17, 15) is 4.79 Å². The van der Waals surface area contributed by atoms with E-state index < -0.39 is 0 Å². The molecule has 0 aliphatic heterocycles. The fourth-order valence-electron chi connectivity index (χ4n) is 2.46. The fraction of sp³-hybridized carbons (Fsp3) is 0.0476. The number of carbonyl (C=O) groups excluding carboxylic acids is 1. The van der Waals surface area contributed by atoms with E-state index in [1.807, 2.05) is 6.07 Å². The van der Waals surface area contributed by atoms with E-state index in [1.165, 1.54) is 6.33 Å². The van der Waals surface area contributed by atoms with Crippen molar-refractivity contribution in [3.63, 3.8) is 0 Å². The van der Waals surface area contributed by atoms with E-state index in [1.54, 1.807) is 42.5 Å². The molecule has 0 fully saturated rings. The summed E-state index contributed by atoms with van der Waals surface area (Å²) in [6.07, 6.45) is 1.27. The Hall–Kier alpha value is -4.56. The molecular formula is C21H17N7O. The number of amides is 2. The van der Waals surface area contributed by atoms with E-state index in [0.717, 1.165) is 5.56 Å². The molecule has 2 amide bonds. The number of benzene rings is 2. The quantitative estimate of drug-likeness (QED) is 0.511. The van der Waals surface area contributed by atoms with Crippen molar-refractivity contribution in [3.05, 3.63) is 77.1 Å². The van der Waals surface area contributed by atoms with Crippen molar-refractivity contribution >= 4 is 23.4 Å². The number of aromatic nitrogens is 2. The second-order valence-electron chi connectivity index (χ2n) is 5.97. The maximum atomic E-state index is 12.1. The minimum atomic E-state index is -0.373. The summed E-state index contributed by atoms with van der Waals surface area (Å²) in [5.41, 5.74) is 14.5. The van der Waals surface area contributed by atoms with Crippen LogP contribution >= 0.6 is 0 Å². The lowest BCUT2D eigenvalue weighted by Crippen LogP contribution is -2.28. The third kappa shape index (κ3) is 5.22. The Bertz CT molecular complexity index is 1140. The summed E-state index contributed by atoms with van der Waals surface area (Å²) >= 11 is 0. The van der Waals surface area contributed by atoms with Crippen molar-refractivity contribution in [2.75, 3.05) is 16.8 Å². The van der Waals surface area contributed by atoms with E-state index in [-0.39, 0.29) is 17.7 Å². The predicted molar refractivity (Wildman–Crippen MR) is 110 cm³/mol. The van der Waals surface area contributed by atoms with Crippen LogP contribution in [0.4, 0.5) is 22.1 Å². The van der Waals surface area contributed by atoms with Crippen LogP contribution in [0.2, 0.25) is 0 Å². The van der Waals surface area contributed by atoms with Crippen molar-refractivity contribution in [2.24, 2.45) is 0 Å². The maximum Gasteiger partial charge on any atom is 0.319 e. The zero-order valence-corrected chi connectivity index (χ0v) is 15.3. The predicted octanol–water partition coefficient (Wildman–Crippen LogP) is 2.23.